The van der Waals surface area contributed by atoms with Crippen LogP contribution in [0.15, 0.2) is 70.9 Å². The van der Waals surface area contributed by atoms with Gasteiger partial charge in [0.1, 0.15) is 25.8 Å². The van der Waals surface area contributed by atoms with Crippen molar-refractivity contribution in [1.29, 1.82) is 4.78 Å². The van der Waals surface area contributed by atoms with Gasteiger partial charge in [-0.1, -0.05) is 66.8 Å². The van der Waals surface area contributed by atoms with Gasteiger partial charge in [0.15, 0.2) is 5.13 Å². The number of nitrogens with one attached hydrogen (secondary N) is 2. The Bertz CT molecular complexity index is 1550. The second-order valence-electron chi connectivity index (χ2n) is 8.87. The first-order valence-electron chi connectivity index (χ1n) is 12.0. The Morgan fingerprint density at radius 2 is 1.66 bits per heavy atom. The van der Waals surface area contributed by atoms with E-state index in [-0.39, 0.29) is 28.6 Å². The molecule has 0 saturated carbocycles. The Balaban J connectivity index is 1.43. The molecule has 0 bridgehead atoms. The van der Waals surface area contributed by atoms with Crippen molar-refractivity contribution in [2.75, 3.05) is 11.9 Å². The van der Waals surface area contributed by atoms with Crippen LogP contribution in [0, 0.1) is 23.3 Å². The van der Waals surface area contributed by atoms with Crippen molar-refractivity contribution in [3.8, 4) is 11.1 Å². The summed E-state index contributed by atoms with van der Waals surface area (Å²) in [6, 6.07) is 17.8. The van der Waals surface area contributed by atoms with Gasteiger partial charge in [0, 0.05) is 19.2 Å². The van der Waals surface area contributed by atoms with E-state index in [2.05, 4.69) is 16.6 Å². The van der Waals surface area contributed by atoms with E-state index >= 15 is 0 Å². The highest BCUT2D eigenvalue weighted by molar-refractivity contribution is 7.92. The zero-order valence-electron chi connectivity index (χ0n) is 21.3. The van der Waals surface area contributed by atoms with E-state index in [0.29, 0.717) is 22.0 Å². The van der Waals surface area contributed by atoms with E-state index in [1.54, 1.807) is 38.2 Å². The maximum atomic E-state index is 14.1. The summed E-state index contributed by atoms with van der Waals surface area (Å²) < 4.78 is 52.3. The fourth-order valence-corrected chi connectivity index (χ4v) is 6.46. The molecule has 1 amide bonds. The van der Waals surface area contributed by atoms with Crippen molar-refractivity contribution in [2.24, 2.45) is 0 Å². The standard InChI is InChI=1S/C28H28F2N4O2S2/c1-4-19-5-7-21(8-6-19)17-32-38(31,36)27-18(2)33-28(37-27)34(3)26(35)15-20-9-11-22(12-10-20)24-16-23(29)13-14-25(24)30/h5-14,16H,4,15,17H2,1-3H3,(H2,31,32,36). The summed E-state index contributed by atoms with van der Waals surface area (Å²) in [5.41, 5.74) is 3.90. The van der Waals surface area contributed by atoms with E-state index in [4.69, 9.17) is 4.78 Å². The molecule has 0 spiro atoms. The fourth-order valence-electron chi connectivity index (χ4n) is 3.84. The van der Waals surface area contributed by atoms with Gasteiger partial charge in [-0.3, -0.25) is 9.69 Å². The molecule has 10 heteroatoms. The topological polar surface area (TPSA) is 86.2 Å². The van der Waals surface area contributed by atoms with Crippen LogP contribution in [0.1, 0.15) is 29.3 Å². The second-order valence-corrected chi connectivity index (χ2v) is 11.9. The summed E-state index contributed by atoms with van der Waals surface area (Å²) in [6.07, 6.45) is 0.983. The van der Waals surface area contributed by atoms with Crippen LogP contribution in [0.5, 0.6) is 0 Å². The van der Waals surface area contributed by atoms with Gasteiger partial charge in [0.05, 0.1) is 12.1 Å². The number of rotatable bonds is 9. The van der Waals surface area contributed by atoms with Crippen molar-refractivity contribution in [3.05, 3.63) is 101 Å². The molecule has 2 N–H and O–H groups in total. The molecule has 1 heterocycles. The molecule has 198 valence electrons. The molecule has 1 aromatic heterocycles. The molecule has 4 aromatic rings. The number of carbonyl (C=O) groups excluding carboxylic acids is 1. The molecule has 4 rings (SSSR count). The number of carbonyl (C=O) groups is 1. The minimum Gasteiger partial charge on any atom is -0.291 e. The van der Waals surface area contributed by atoms with Crippen LogP contribution >= 0.6 is 11.3 Å². The molecule has 0 fully saturated rings. The normalized spacial score (nSPS) is 12.8. The third kappa shape index (κ3) is 6.32. The third-order valence-electron chi connectivity index (χ3n) is 6.12. The second kappa shape index (κ2) is 11.5. The van der Waals surface area contributed by atoms with Gasteiger partial charge in [-0.05, 0) is 53.8 Å². The van der Waals surface area contributed by atoms with Gasteiger partial charge in [0.2, 0.25) is 5.91 Å². The number of aryl methyl sites for hydroxylation is 2. The maximum absolute atomic E-state index is 14.1. The quantitative estimate of drug-likeness (QED) is 0.256. The van der Waals surface area contributed by atoms with Crippen LogP contribution in [0.4, 0.5) is 13.9 Å². The molecule has 6 nitrogen and oxygen atoms in total. The number of amides is 1. The van der Waals surface area contributed by atoms with Crippen molar-refractivity contribution < 1.29 is 17.8 Å². The Labute approximate surface area is 225 Å². The summed E-state index contributed by atoms with van der Waals surface area (Å²) in [5.74, 6) is -1.31. The average molecular weight is 555 g/mol. The molecule has 1 atom stereocenters. The van der Waals surface area contributed by atoms with E-state index in [1.165, 1.54) is 10.5 Å². The van der Waals surface area contributed by atoms with Crippen LogP contribution in [-0.4, -0.2) is 22.1 Å². The number of benzene rings is 3. The lowest BCUT2D eigenvalue weighted by molar-refractivity contribution is -0.117. The predicted octanol–water partition coefficient (Wildman–Crippen LogP) is 6.28. The Morgan fingerprint density at radius 3 is 2.32 bits per heavy atom. The molecule has 0 aliphatic carbocycles. The van der Waals surface area contributed by atoms with E-state index in [9.17, 15) is 17.8 Å². The lowest BCUT2D eigenvalue weighted by Crippen LogP contribution is -2.27. The highest BCUT2D eigenvalue weighted by Crippen LogP contribution is 2.30. The van der Waals surface area contributed by atoms with Crippen LogP contribution in [-0.2, 0) is 34.1 Å². The van der Waals surface area contributed by atoms with E-state index < -0.39 is 21.5 Å². The highest BCUT2D eigenvalue weighted by Gasteiger charge is 2.23. The van der Waals surface area contributed by atoms with Crippen molar-refractivity contribution in [1.82, 2.24) is 9.71 Å². The molecule has 1 unspecified atom stereocenters. The largest absolute Gasteiger partial charge is 0.291 e. The first-order valence-corrected chi connectivity index (χ1v) is 14.3. The van der Waals surface area contributed by atoms with Crippen LogP contribution < -0.4 is 9.62 Å². The summed E-state index contributed by atoms with van der Waals surface area (Å²) in [5, 5.41) is 0.343. The van der Waals surface area contributed by atoms with Crippen molar-refractivity contribution in [3.63, 3.8) is 0 Å². The summed E-state index contributed by atoms with van der Waals surface area (Å²) in [6.45, 7) is 4.01. The molecule has 0 saturated heterocycles. The number of hydrogen-bond acceptors (Lipinski definition) is 5. The van der Waals surface area contributed by atoms with E-state index in [1.807, 2.05) is 24.3 Å². The Hall–Kier alpha value is -3.47. The monoisotopic (exact) mass is 554 g/mol. The Morgan fingerprint density at radius 1 is 1.03 bits per heavy atom. The number of aromatic nitrogens is 1. The number of likely N-dealkylation sites (N-methyl/N-ethyl adjacent to an activating group) is 1. The van der Waals surface area contributed by atoms with Crippen molar-refractivity contribution >= 4 is 32.3 Å². The number of anilines is 1. The first kappa shape index (κ1) is 27.6. The smallest absolute Gasteiger partial charge is 0.232 e. The number of thiazole rings is 1. The first-order chi connectivity index (χ1) is 18.1. The highest BCUT2D eigenvalue weighted by atomic mass is 32.2. The number of hydrogen-bond donors (Lipinski definition) is 2. The zero-order valence-corrected chi connectivity index (χ0v) is 22.9. The molecule has 0 aliphatic heterocycles. The summed E-state index contributed by atoms with van der Waals surface area (Å²) in [7, 11) is -1.75. The molecule has 38 heavy (non-hydrogen) atoms. The van der Waals surface area contributed by atoms with Crippen molar-refractivity contribution in [2.45, 2.75) is 37.4 Å². The zero-order chi connectivity index (χ0) is 27.4. The third-order valence-corrected chi connectivity index (χ3v) is 9.48. The van der Waals surface area contributed by atoms with Gasteiger partial charge >= 0.3 is 0 Å². The van der Waals surface area contributed by atoms with Crippen LogP contribution in [0.25, 0.3) is 11.1 Å². The Kier molecular flexibility index (Phi) is 8.35. The number of nitrogens with zero attached hydrogens (tertiary/aromatic N) is 2. The lowest BCUT2D eigenvalue weighted by atomic mass is 10.0. The maximum Gasteiger partial charge on any atom is 0.232 e. The molecular weight excluding hydrogens is 526 g/mol. The molecular formula is C28H28F2N4O2S2. The minimum absolute atomic E-state index is 0.0542. The molecule has 0 aliphatic rings. The van der Waals surface area contributed by atoms with Gasteiger partial charge < -0.3 is 0 Å². The van der Waals surface area contributed by atoms with Gasteiger partial charge in [-0.15, -0.1) is 0 Å². The minimum atomic E-state index is -3.33. The SMILES string of the molecule is CCc1ccc(CNS(=N)(=O)c2sc(N(C)C(=O)Cc3ccc(-c4cc(F)ccc4F)cc3)nc2C)cc1. The van der Waals surface area contributed by atoms with E-state index in [0.717, 1.165) is 41.5 Å². The lowest BCUT2D eigenvalue weighted by Gasteiger charge is -2.14. The fraction of sp³-hybridized carbons (Fsp3) is 0.214. The predicted molar refractivity (Wildman–Crippen MR) is 148 cm³/mol. The van der Waals surface area contributed by atoms with Crippen LogP contribution in [0.3, 0.4) is 0 Å². The molecule has 0 radical (unpaired) electrons. The summed E-state index contributed by atoms with van der Waals surface area (Å²) >= 11 is 1.05. The van der Waals surface area contributed by atoms with Crippen LogP contribution in [0.2, 0.25) is 0 Å². The van der Waals surface area contributed by atoms with Gasteiger partial charge in [0.25, 0.3) is 0 Å². The van der Waals surface area contributed by atoms with Gasteiger partial charge in [-0.2, -0.15) is 0 Å². The number of halogens is 2. The average Bonchev–Trinajstić information content (AvgIpc) is 3.31. The van der Waals surface area contributed by atoms with Gasteiger partial charge in [-0.25, -0.2) is 27.5 Å². The molecule has 3 aromatic carbocycles. The summed E-state index contributed by atoms with van der Waals surface area (Å²) in [4.78, 5) is 18.7.